The van der Waals surface area contributed by atoms with E-state index in [4.69, 9.17) is 0 Å². The fourth-order valence-electron chi connectivity index (χ4n) is 2.69. The van der Waals surface area contributed by atoms with E-state index in [2.05, 4.69) is 26.3 Å². The minimum atomic E-state index is -1.05. The summed E-state index contributed by atoms with van der Waals surface area (Å²) in [6.07, 6.45) is -0.294. The molecule has 0 aliphatic rings. The summed E-state index contributed by atoms with van der Waals surface area (Å²) in [6.45, 7) is 0. The maximum Gasteiger partial charge on any atom is 0.305 e. The molecule has 0 saturated heterocycles. The number of carboxylic acid groups (broad SMARTS) is 1. The number of para-hydroxylation sites is 1. The SMILES string of the molecule is O=C(O)C[C@H](NC(=O)c1cc(=O)n(-c2ccccc2)[nH]1)c1ccccc1Br. The van der Waals surface area contributed by atoms with Crippen LogP contribution in [-0.2, 0) is 4.79 Å². The van der Waals surface area contributed by atoms with Gasteiger partial charge in [0.25, 0.3) is 11.5 Å². The van der Waals surface area contributed by atoms with Crippen molar-refractivity contribution in [2.75, 3.05) is 0 Å². The van der Waals surface area contributed by atoms with Gasteiger partial charge in [0, 0.05) is 10.5 Å². The van der Waals surface area contributed by atoms with Crippen LogP contribution in [-0.4, -0.2) is 26.8 Å². The van der Waals surface area contributed by atoms with E-state index in [1.165, 1.54) is 10.7 Å². The lowest BCUT2D eigenvalue weighted by atomic mass is 10.0. The van der Waals surface area contributed by atoms with Gasteiger partial charge >= 0.3 is 5.97 Å². The largest absolute Gasteiger partial charge is 0.481 e. The first-order valence-corrected chi connectivity index (χ1v) is 8.89. The molecule has 8 heteroatoms. The van der Waals surface area contributed by atoms with E-state index in [-0.39, 0.29) is 17.7 Å². The van der Waals surface area contributed by atoms with Crippen molar-refractivity contribution in [2.45, 2.75) is 12.5 Å². The van der Waals surface area contributed by atoms with Gasteiger partial charge in [-0.1, -0.05) is 52.3 Å². The second kappa shape index (κ2) is 8.05. The van der Waals surface area contributed by atoms with Crippen molar-refractivity contribution in [1.29, 1.82) is 0 Å². The third-order valence-electron chi connectivity index (χ3n) is 3.94. The van der Waals surface area contributed by atoms with Crippen LogP contribution in [0.1, 0.15) is 28.5 Å². The van der Waals surface area contributed by atoms with E-state index in [0.717, 1.165) is 0 Å². The molecule has 0 aliphatic heterocycles. The number of nitrogens with one attached hydrogen (secondary N) is 2. The summed E-state index contributed by atoms with van der Waals surface area (Å²) in [5, 5.41) is 14.6. The summed E-state index contributed by atoms with van der Waals surface area (Å²) in [7, 11) is 0. The van der Waals surface area contributed by atoms with Crippen LogP contribution in [0, 0.1) is 0 Å². The number of carbonyl (C=O) groups excluding carboxylic acids is 1. The van der Waals surface area contributed by atoms with Crippen molar-refractivity contribution in [3.8, 4) is 5.69 Å². The molecule has 0 aliphatic carbocycles. The lowest BCUT2D eigenvalue weighted by molar-refractivity contribution is -0.137. The molecule has 138 valence electrons. The second-order valence-corrected chi connectivity index (χ2v) is 6.68. The lowest BCUT2D eigenvalue weighted by Crippen LogP contribution is -2.30. The van der Waals surface area contributed by atoms with E-state index in [0.29, 0.717) is 15.7 Å². The Bertz CT molecular complexity index is 1030. The third kappa shape index (κ3) is 4.35. The van der Waals surface area contributed by atoms with Crippen LogP contribution in [0.15, 0.2) is 69.9 Å². The molecule has 0 spiro atoms. The average Bonchev–Trinajstić information content (AvgIpc) is 3.04. The molecule has 3 rings (SSSR count). The van der Waals surface area contributed by atoms with Crippen LogP contribution in [0.25, 0.3) is 5.69 Å². The normalized spacial score (nSPS) is 11.7. The quantitative estimate of drug-likeness (QED) is 0.560. The number of nitrogens with zero attached hydrogens (tertiary/aromatic N) is 1. The summed E-state index contributed by atoms with van der Waals surface area (Å²) >= 11 is 3.37. The highest BCUT2D eigenvalue weighted by atomic mass is 79.9. The minimum Gasteiger partial charge on any atom is -0.481 e. The van der Waals surface area contributed by atoms with Crippen molar-refractivity contribution in [3.05, 3.63) is 86.7 Å². The molecule has 27 heavy (non-hydrogen) atoms. The third-order valence-corrected chi connectivity index (χ3v) is 4.67. The molecule has 3 N–H and O–H groups in total. The molecule has 1 amide bonds. The molecule has 0 radical (unpaired) electrons. The number of hydrogen-bond donors (Lipinski definition) is 3. The first-order valence-electron chi connectivity index (χ1n) is 8.10. The molecule has 2 aromatic carbocycles. The van der Waals surface area contributed by atoms with Gasteiger partial charge in [0.15, 0.2) is 0 Å². The van der Waals surface area contributed by atoms with E-state index in [1.54, 1.807) is 48.5 Å². The predicted molar refractivity (Wildman–Crippen MR) is 103 cm³/mol. The molecule has 1 aromatic heterocycles. The second-order valence-electron chi connectivity index (χ2n) is 5.82. The summed E-state index contributed by atoms with van der Waals surface area (Å²) < 4.78 is 1.94. The van der Waals surface area contributed by atoms with Crippen LogP contribution in [0.4, 0.5) is 0 Å². The Labute approximate surface area is 162 Å². The number of rotatable bonds is 6. The Hall–Kier alpha value is -3.13. The van der Waals surface area contributed by atoms with Gasteiger partial charge < -0.3 is 10.4 Å². The number of aliphatic carboxylic acids is 1. The average molecular weight is 430 g/mol. The van der Waals surface area contributed by atoms with Crippen LogP contribution in [0.2, 0.25) is 0 Å². The smallest absolute Gasteiger partial charge is 0.305 e. The monoisotopic (exact) mass is 429 g/mol. The molecule has 1 atom stereocenters. The fourth-order valence-corrected chi connectivity index (χ4v) is 3.25. The zero-order valence-electron chi connectivity index (χ0n) is 14.1. The molecule has 0 unspecified atom stereocenters. The molecule has 1 heterocycles. The molecule has 0 fully saturated rings. The van der Waals surface area contributed by atoms with Crippen molar-refractivity contribution in [2.24, 2.45) is 0 Å². The Morgan fingerprint density at radius 2 is 1.78 bits per heavy atom. The summed E-state index contributed by atoms with van der Waals surface area (Å²) in [4.78, 5) is 36.0. The van der Waals surface area contributed by atoms with Crippen LogP contribution < -0.4 is 10.9 Å². The van der Waals surface area contributed by atoms with E-state index in [9.17, 15) is 19.5 Å². The molecular formula is C19H16BrN3O4. The van der Waals surface area contributed by atoms with Crippen molar-refractivity contribution in [1.82, 2.24) is 15.1 Å². The number of hydrogen-bond acceptors (Lipinski definition) is 3. The fraction of sp³-hybridized carbons (Fsp3) is 0.105. The van der Waals surface area contributed by atoms with Crippen molar-refractivity contribution >= 4 is 27.8 Å². The number of aromatic nitrogens is 2. The Morgan fingerprint density at radius 3 is 2.44 bits per heavy atom. The Kier molecular flexibility index (Phi) is 5.56. The van der Waals surface area contributed by atoms with Gasteiger partial charge in [-0.15, -0.1) is 0 Å². The van der Waals surface area contributed by atoms with Crippen LogP contribution in [0.3, 0.4) is 0 Å². The van der Waals surface area contributed by atoms with Gasteiger partial charge in [-0.3, -0.25) is 19.5 Å². The van der Waals surface area contributed by atoms with E-state index in [1.807, 2.05) is 6.07 Å². The zero-order chi connectivity index (χ0) is 19.4. The zero-order valence-corrected chi connectivity index (χ0v) is 15.6. The summed E-state index contributed by atoms with van der Waals surface area (Å²) in [6, 6.07) is 16.3. The van der Waals surface area contributed by atoms with Crippen molar-refractivity contribution < 1.29 is 14.7 Å². The number of carboxylic acids is 1. The standard InChI is InChI=1S/C19H16BrN3O4/c20-14-9-5-4-8-13(14)15(11-18(25)26)21-19(27)16-10-17(24)23(22-16)12-6-2-1-3-7-12/h1-10,15,22H,11H2,(H,21,27)(H,25,26)/t15-/m0/s1. The number of benzene rings is 2. The number of halogens is 1. The van der Waals surface area contributed by atoms with Gasteiger partial charge in [0.1, 0.15) is 5.69 Å². The summed E-state index contributed by atoms with van der Waals surface area (Å²) in [5.41, 5.74) is 0.890. The van der Waals surface area contributed by atoms with Crippen LogP contribution in [0.5, 0.6) is 0 Å². The predicted octanol–water partition coefficient (Wildman–Crippen LogP) is 2.87. The van der Waals surface area contributed by atoms with Gasteiger partial charge in [-0.05, 0) is 23.8 Å². The topological polar surface area (TPSA) is 104 Å². The highest BCUT2D eigenvalue weighted by molar-refractivity contribution is 9.10. The maximum absolute atomic E-state index is 12.6. The Morgan fingerprint density at radius 1 is 1.11 bits per heavy atom. The van der Waals surface area contributed by atoms with Crippen LogP contribution >= 0.6 is 15.9 Å². The van der Waals surface area contributed by atoms with E-state index < -0.39 is 17.9 Å². The number of amides is 1. The highest BCUT2D eigenvalue weighted by Crippen LogP contribution is 2.25. The molecular weight excluding hydrogens is 414 g/mol. The van der Waals surface area contributed by atoms with Gasteiger partial charge in [-0.2, -0.15) is 0 Å². The lowest BCUT2D eigenvalue weighted by Gasteiger charge is -2.18. The van der Waals surface area contributed by atoms with Crippen molar-refractivity contribution in [3.63, 3.8) is 0 Å². The summed E-state index contributed by atoms with van der Waals surface area (Å²) in [5.74, 6) is -1.62. The Balaban J connectivity index is 1.87. The highest BCUT2D eigenvalue weighted by Gasteiger charge is 2.22. The van der Waals surface area contributed by atoms with Gasteiger partial charge in [0.2, 0.25) is 0 Å². The maximum atomic E-state index is 12.6. The molecule has 0 bridgehead atoms. The van der Waals surface area contributed by atoms with Gasteiger partial charge in [-0.25, -0.2) is 4.68 Å². The molecule has 3 aromatic rings. The number of H-pyrrole nitrogens is 1. The first-order chi connectivity index (χ1) is 13.0. The number of carbonyl (C=O) groups is 2. The number of aromatic amines is 1. The molecule has 0 saturated carbocycles. The van der Waals surface area contributed by atoms with E-state index >= 15 is 0 Å². The molecule has 7 nitrogen and oxygen atoms in total. The van der Waals surface area contributed by atoms with Gasteiger partial charge in [0.05, 0.1) is 18.2 Å². The minimum absolute atomic E-state index is 0.0475. The first kappa shape index (κ1) is 18.7.